The summed E-state index contributed by atoms with van der Waals surface area (Å²) >= 11 is 1.41. The standard InChI is InChI=1S/C25H22N2O2S/c1-18-8-6-7-9-20(18)16-23-24(28)27(17-19-12-14-22(29-2)15-13-19)25(30-23)26-21-10-4-3-5-11-21/h3-16H,17H2,1-2H3/b23-16-,26-25?. The summed E-state index contributed by atoms with van der Waals surface area (Å²) in [5.74, 6) is 0.757. The van der Waals surface area contributed by atoms with Gasteiger partial charge in [-0.15, -0.1) is 0 Å². The predicted octanol–water partition coefficient (Wildman–Crippen LogP) is 5.81. The molecule has 0 spiro atoms. The van der Waals surface area contributed by atoms with Gasteiger partial charge in [0.15, 0.2) is 5.17 Å². The fourth-order valence-electron chi connectivity index (χ4n) is 3.15. The van der Waals surface area contributed by atoms with E-state index < -0.39 is 0 Å². The van der Waals surface area contributed by atoms with E-state index in [1.165, 1.54) is 11.8 Å². The van der Waals surface area contributed by atoms with Gasteiger partial charge in [0, 0.05) is 0 Å². The van der Waals surface area contributed by atoms with Gasteiger partial charge in [-0.3, -0.25) is 9.69 Å². The molecule has 1 fully saturated rings. The Balaban J connectivity index is 1.69. The number of hydrogen-bond donors (Lipinski definition) is 0. The van der Waals surface area contributed by atoms with Crippen LogP contribution >= 0.6 is 11.8 Å². The number of thioether (sulfide) groups is 1. The van der Waals surface area contributed by atoms with Gasteiger partial charge in [-0.2, -0.15) is 0 Å². The molecule has 1 amide bonds. The number of aliphatic imine (C=N–C) groups is 1. The van der Waals surface area contributed by atoms with Crippen LogP contribution in [-0.2, 0) is 11.3 Å². The van der Waals surface area contributed by atoms with Gasteiger partial charge in [-0.25, -0.2) is 4.99 Å². The summed E-state index contributed by atoms with van der Waals surface area (Å²) in [6.45, 7) is 2.50. The minimum absolute atomic E-state index is 0.0336. The van der Waals surface area contributed by atoms with Gasteiger partial charge in [0.05, 0.1) is 24.2 Å². The number of amidine groups is 1. The van der Waals surface area contributed by atoms with Gasteiger partial charge in [0.1, 0.15) is 5.75 Å². The van der Waals surface area contributed by atoms with E-state index in [2.05, 4.69) is 0 Å². The zero-order chi connectivity index (χ0) is 20.9. The maximum Gasteiger partial charge on any atom is 0.267 e. The third-order valence-corrected chi connectivity index (χ3v) is 5.85. The minimum atomic E-state index is -0.0336. The lowest BCUT2D eigenvalue weighted by Gasteiger charge is -2.16. The van der Waals surface area contributed by atoms with Crippen molar-refractivity contribution in [1.29, 1.82) is 0 Å². The number of methoxy groups -OCH3 is 1. The van der Waals surface area contributed by atoms with Crippen LogP contribution in [-0.4, -0.2) is 23.1 Å². The monoisotopic (exact) mass is 414 g/mol. The topological polar surface area (TPSA) is 41.9 Å². The summed E-state index contributed by atoms with van der Waals surface area (Å²) in [4.78, 5) is 20.4. The highest BCUT2D eigenvalue weighted by Crippen LogP contribution is 2.35. The number of aryl methyl sites for hydroxylation is 1. The molecule has 0 N–H and O–H groups in total. The number of carbonyl (C=O) groups excluding carboxylic acids is 1. The average Bonchev–Trinajstić information content (AvgIpc) is 3.05. The zero-order valence-corrected chi connectivity index (χ0v) is 17.7. The molecule has 1 aliphatic rings. The highest BCUT2D eigenvalue weighted by atomic mass is 32.2. The molecule has 150 valence electrons. The number of ether oxygens (including phenoxy) is 1. The Labute approximate surface area is 180 Å². The van der Waals surface area contributed by atoms with E-state index in [1.54, 1.807) is 12.0 Å². The Morgan fingerprint density at radius 3 is 2.37 bits per heavy atom. The highest BCUT2D eigenvalue weighted by Gasteiger charge is 2.33. The van der Waals surface area contributed by atoms with Crippen LogP contribution in [0.5, 0.6) is 5.75 Å². The molecule has 30 heavy (non-hydrogen) atoms. The minimum Gasteiger partial charge on any atom is -0.497 e. The Kier molecular flexibility index (Phi) is 6.00. The molecule has 0 unspecified atom stereocenters. The SMILES string of the molecule is COc1ccc(CN2C(=O)/C(=C/c3ccccc3C)SC2=Nc2ccccc2)cc1. The summed E-state index contributed by atoms with van der Waals surface area (Å²) in [5.41, 5.74) is 4.01. The normalized spacial score (nSPS) is 16.5. The lowest BCUT2D eigenvalue weighted by molar-refractivity contribution is -0.122. The number of benzene rings is 3. The molecule has 3 aromatic carbocycles. The third kappa shape index (κ3) is 4.47. The first-order valence-electron chi connectivity index (χ1n) is 9.68. The van der Waals surface area contributed by atoms with E-state index in [0.717, 1.165) is 28.1 Å². The average molecular weight is 415 g/mol. The van der Waals surface area contributed by atoms with Gasteiger partial charge in [-0.05, 0) is 65.7 Å². The van der Waals surface area contributed by atoms with E-state index in [1.807, 2.05) is 91.9 Å². The van der Waals surface area contributed by atoms with Crippen LogP contribution in [0.1, 0.15) is 16.7 Å². The molecule has 0 saturated carbocycles. The van der Waals surface area contributed by atoms with Crippen LogP contribution in [0.25, 0.3) is 6.08 Å². The first-order valence-corrected chi connectivity index (χ1v) is 10.5. The van der Waals surface area contributed by atoms with Crippen molar-refractivity contribution in [2.75, 3.05) is 7.11 Å². The number of rotatable bonds is 5. The number of amides is 1. The van der Waals surface area contributed by atoms with Crippen LogP contribution in [0, 0.1) is 6.92 Å². The molecule has 4 rings (SSSR count). The summed E-state index contributed by atoms with van der Waals surface area (Å²) in [6, 6.07) is 25.5. The van der Waals surface area contributed by atoms with E-state index in [9.17, 15) is 4.79 Å². The van der Waals surface area contributed by atoms with Crippen LogP contribution < -0.4 is 4.74 Å². The van der Waals surface area contributed by atoms with Crippen molar-refractivity contribution in [2.24, 2.45) is 4.99 Å². The van der Waals surface area contributed by atoms with Crippen molar-refractivity contribution < 1.29 is 9.53 Å². The largest absolute Gasteiger partial charge is 0.497 e. The Bertz CT molecular complexity index is 1110. The fourth-order valence-corrected chi connectivity index (χ4v) is 4.14. The van der Waals surface area contributed by atoms with Crippen molar-refractivity contribution in [1.82, 2.24) is 4.90 Å². The highest BCUT2D eigenvalue weighted by molar-refractivity contribution is 8.18. The molecular formula is C25H22N2O2S. The van der Waals surface area contributed by atoms with Crippen molar-refractivity contribution in [2.45, 2.75) is 13.5 Å². The van der Waals surface area contributed by atoms with Crippen molar-refractivity contribution >= 4 is 34.6 Å². The molecule has 0 atom stereocenters. The summed E-state index contributed by atoms with van der Waals surface area (Å²) in [5, 5.41) is 0.682. The van der Waals surface area contributed by atoms with Crippen LogP contribution in [0.4, 0.5) is 5.69 Å². The zero-order valence-electron chi connectivity index (χ0n) is 16.9. The molecule has 0 radical (unpaired) electrons. The van der Waals surface area contributed by atoms with E-state index >= 15 is 0 Å². The quantitative estimate of drug-likeness (QED) is 0.495. The number of para-hydroxylation sites is 1. The number of nitrogens with zero attached hydrogens (tertiary/aromatic N) is 2. The lowest BCUT2D eigenvalue weighted by atomic mass is 10.1. The summed E-state index contributed by atoms with van der Waals surface area (Å²) in [6.07, 6.45) is 1.96. The first kappa shape index (κ1) is 20.0. The maximum absolute atomic E-state index is 13.3. The second-order valence-electron chi connectivity index (χ2n) is 6.94. The molecule has 3 aromatic rings. The van der Waals surface area contributed by atoms with E-state index in [-0.39, 0.29) is 5.91 Å². The van der Waals surface area contributed by atoms with Crippen molar-refractivity contribution in [3.63, 3.8) is 0 Å². The third-order valence-electron chi connectivity index (χ3n) is 4.84. The van der Waals surface area contributed by atoms with E-state index in [4.69, 9.17) is 9.73 Å². The van der Waals surface area contributed by atoms with Crippen LogP contribution in [0.2, 0.25) is 0 Å². The molecule has 4 nitrogen and oxygen atoms in total. The Morgan fingerprint density at radius 1 is 0.967 bits per heavy atom. The molecular weight excluding hydrogens is 392 g/mol. The smallest absolute Gasteiger partial charge is 0.267 e. The molecule has 5 heteroatoms. The molecule has 0 bridgehead atoms. The lowest BCUT2D eigenvalue weighted by Crippen LogP contribution is -2.28. The van der Waals surface area contributed by atoms with Crippen LogP contribution in [0.3, 0.4) is 0 Å². The van der Waals surface area contributed by atoms with Crippen molar-refractivity contribution in [3.8, 4) is 5.75 Å². The van der Waals surface area contributed by atoms with Gasteiger partial charge < -0.3 is 4.74 Å². The second-order valence-corrected chi connectivity index (χ2v) is 7.95. The molecule has 0 aromatic heterocycles. The fraction of sp³-hybridized carbons (Fsp3) is 0.120. The summed E-state index contributed by atoms with van der Waals surface area (Å²) in [7, 11) is 1.64. The van der Waals surface area contributed by atoms with Crippen LogP contribution in [0.15, 0.2) is 88.8 Å². The molecule has 0 aliphatic carbocycles. The molecule has 1 aliphatic heterocycles. The van der Waals surface area contributed by atoms with Gasteiger partial charge >= 0.3 is 0 Å². The predicted molar refractivity (Wildman–Crippen MR) is 124 cm³/mol. The second kappa shape index (κ2) is 9.01. The van der Waals surface area contributed by atoms with Gasteiger partial charge in [0.25, 0.3) is 5.91 Å². The Hall–Kier alpha value is -3.31. The molecule has 1 heterocycles. The number of hydrogen-bond acceptors (Lipinski definition) is 4. The van der Waals surface area contributed by atoms with Crippen molar-refractivity contribution in [3.05, 3.63) is 100 Å². The van der Waals surface area contributed by atoms with Gasteiger partial charge in [-0.1, -0.05) is 54.6 Å². The summed E-state index contributed by atoms with van der Waals surface area (Å²) < 4.78 is 5.24. The maximum atomic E-state index is 13.3. The van der Waals surface area contributed by atoms with Gasteiger partial charge in [0.2, 0.25) is 0 Å². The number of carbonyl (C=O) groups is 1. The first-order chi connectivity index (χ1) is 14.6. The molecule has 1 saturated heterocycles. The van der Waals surface area contributed by atoms with E-state index in [0.29, 0.717) is 16.6 Å². The Morgan fingerprint density at radius 2 is 1.67 bits per heavy atom.